The molecule has 0 spiro atoms. The summed E-state index contributed by atoms with van der Waals surface area (Å²) >= 11 is 0. The van der Waals surface area contributed by atoms with Gasteiger partial charge in [-0.2, -0.15) is 0 Å². The van der Waals surface area contributed by atoms with E-state index in [1.807, 2.05) is 12.2 Å². The number of amides is 1. The lowest BCUT2D eigenvalue weighted by Crippen LogP contribution is -2.45. The molecule has 2 N–H and O–H groups in total. The molecule has 2 aliphatic rings. The topological polar surface area (TPSA) is 97.8 Å². The number of hydrogen-bond acceptors (Lipinski definition) is 6. The number of nitrogens with zero attached hydrogens (tertiary/aromatic N) is 1. The van der Waals surface area contributed by atoms with Gasteiger partial charge in [0.2, 0.25) is 0 Å². The normalized spacial score (nSPS) is 19.4. The van der Waals surface area contributed by atoms with Gasteiger partial charge in [0.1, 0.15) is 47.0 Å². The molecule has 0 radical (unpaired) electrons. The lowest BCUT2D eigenvalue weighted by molar-refractivity contribution is -0.123. The van der Waals surface area contributed by atoms with Gasteiger partial charge in [0.25, 0.3) is 5.91 Å². The number of ketones is 1. The highest BCUT2D eigenvalue weighted by Crippen LogP contribution is 2.30. The van der Waals surface area contributed by atoms with E-state index >= 15 is 0 Å². The van der Waals surface area contributed by atoms with Crippen molar-refractivity contribution in [1.82, 2.24) is 10.3 Å². The maximum Gasteiger partial charge on any atom is 0.270 e. The first kappa shape index (κ1) is 25.9. The third-order valence-electron chi connectivity index (χ3n) is 5.73. The van der Waals surface area contributed by atoms with Gasteiger partial charge in [0, 0.05) is 35.4 Å². The number of carbonyl (C=O) groups is 2. The number of hydrogen-bond donors (Lipinski definition) is 2. The van der Waals surface area contributed by atoms with Crippen LogP contribution in [0.4, 0.5) is 4.39 Å². The number of ether oxygens (including phenoxy) is 2. The average molecular weight is 503 g/mol. The highest BCUT2D eigenvalue weighted by atomic mass is 19.1. The second kappa shape index (κ2) is 10.8. The number of benzene rings is 1. The van der Waals surface area contributed by atoms with E-state index in [1.165, 1.54) is 30.5 Å². The van der Waals surface area contributed by atoms with Gasteiger partial charge >= 0.3 is 0 Å². The minimum atomic E-state index is -1.11. The maximum atomic E-state index is 13.4. The molecule has 1 fully saturated rings. The number of aromatic nitrogens is 1. The van der Waals surface area contributed by atoms with Crippen molar-refractivity contribution in [3.05, 3.63) is 89.2 Å². The van der Waals surface area contributed by atoms with Crippen LogP contribution in [0, 0.1) is 23.6 Å². The molecule has 8 heteroatoms. The number of halogens is 1. The molecule has 1 amide bonds. The van der Waals surface area contributed by atoms with Crippen LogP contribution >= 0.6 is 0 Å². The molecular weight excluding hydrogens is 475 g/mol. The Morgan fingerprint density at radius 2 is 2.03 bits per heavy atom. The SMILES string of the molecule is CC1C(=O)[C@@H](NC(=O)c2cc(Oc3cccc(F)c3)ccn2)COC2=CC=C(C#CC(C)(C)O)CC=C21. The molecule has 4 rings (SSSR count). The second-order valence-electron chi connectivity index (χ2n) is 9.29. The molecule has 0 saturated carbocycles. The van der Waals surface area contributed by atoms with Gasteiger partial charge in [0.05, 0.1) is 0 Å². The van der Waals surface area contributed by atoms with Crippen molar-refractivity contribution >= 4 is 11.7 Å². The summed E-state index contributed by atoms with van der Waals surface area (Å²) < 4.78 is 25.0. The van der Waals surface area contributed by atoms with Gasteiger partial charge in [-0.3, -0.25) is 14.6 Å². The lowest BCUT2D eigenvalue weighted by atomic mass is 9.91. The fraction of sp³-hybridized carbons (Fsp3) is 0.276. The first-order valence-corrected chi connectivity index (χ1v) is 11.8. The van der Waals surface area contributed by atoms with E-state index in [9.17, 15) is 19.1 Å². The summed E-state index contributed by atoms with van der Waals surface area (Å²) in [6.45, 7) is 4.95. The zero-order chi connectivity index (χ0) is 26.6. The van der Waals surface area contributed by atoms with Crippen LogP contribution in [0.15, 0.2) is 77.7 Å². The van der Waals surface area contributed by atoms with Gasteiger partial charge in [-0.05, 0) is 50.6 Å². The molecule has 2 atom stereocenters. The molecule has 1 aromatic heterocycles. The van der Waals surface area contributed by atoms with E-state index in [2.05, 4.69) is 22.1 Å². The van der Waals surface area contributed by atoms with Crippen LogP contribution in [-0.4, -0.2) is 40.0 Å². The van der Waals surface area contributed by atoms with Crippen molar-refractivity contribution in [2.24, 2.45) is 5.92 Å². The Kier molecular flexibility index (Phi) is 7.55. The third-order valence-corrected chi connectivity index (χ3v) is 5.73. The van der Waals surface area contributed by atoms with Crippen molar-refractivity contribution in [3.8, 4) is 23.3 Å². The number of aliphatic hydroxyl groups is 1. The molecule has 1 aliphatic carbocycles. The summed E-state index contributed by atoms with van der Waals surface area (Å²) in [5.41, 5.74) is 0.448. The van der Waals surface area contributed by atoms with Crippen LogP contribution in [0.5, 0.6) is 11.5 Å². The van der Waals surface area contributed by atoms with Crippen LogP contribution in [0.25, 0.3) is 0 Å². The summed E-state index contributed by atoms with van der Waals surface area (Å²) in [7, 11) is 0. The van der Waals surface area contributed by atoms with E-state index < -0.39 is 29.3 Å². The predicted molar refractivity (Wildman–Crippen MR) is 135 cm³/mol. The van der Waals surface area contributed by atoms with Crippen LogP contribution in [0.3, 0.4) is 0 Å². The van der Waals surface area contributed by atoms with Crippen molar-refractivity contribution in [1.29, 1.82) is 0 Å². The predicted octanol–water partition coefficient (Wildman–Crippen LogP) is 4.26. The molecule has 190 valence electrons. The Bertz CT molecular complexity index is 1370. The van der Waals surface area contributed by atoms with Crippen molar-refractivity contribution in [2.75, 3.05) is 6.61 Å². The first-order valence-electron chi connectivity index (χ1n) is 11.8. The van der Waals surface area contributed by atoms with E-state index in [0.717, 1.165) is 11.1 Å². The third kappa shape index (κ3) is 6.72. The molecule has 7 nitrogen and oxygen atoms in total. The monoisotopic (exact) mass is 502 g/mol. The number of fused-ring (bicyclic) bond motifs is 1. The van der Waals surface area contributed by atoms with Gasteiger partial charge in [-0.1, -0.05) is 30.9 Å². The number of carbonyl (C=O) groups excluding carboxylic acids is 2. The van der Waals surface area contributed by atoms with Crippen molar-refractivity contribution < 1.29 is 28.6 Å². The number of pyridine rings is 1. The Hall–Kier alpha value is -4.22. The molecule has 1 saturated heterocycles. The largest absolute Gasteiger partial charge is 0.491 e. The second-order valence-corrected chi connectivity index (χ2v) is 9.29. The highest BCUT2D eigenvalue weighted by Gasteiger charge is 2.34. The molecule has 1 unspecified atom stereocenters. The van der Waals surface area contributed by atoms with E-state index in [4.69, 9.17) is 9.47 Å². The minimum Gasteiger partial charge on any atom is -0.491 e. The number of rotatable bonds is 4. The quantitative estimate of drug-likeness (QED) is 0.607. The Balaban J connectivity index is 1.47. The smallest absolute Gasteiger partial charge is 0.270 e. The van der Waals surface area contributed by atoms with Gasteiger partial charge in [0.15, 0.2) is 5.78 Å². The van der Waals surface area contributed by atoms with Crippen LogP contribution in [0.1, 0.15) is 37.7 Å². The summed E-state index contributed by atoms with van der Waals surface area (Å²) in [5.74, 6) is 5.16. The molecular formula is C29H27FN2O5. The first-order chi connectivity index (χ1) is 17.6. The van der Waals surface area contributed by atoms with Crippen molar-refractivity contribution in [2.45, 2.75) is 38.8 Å². The van der Waals surface area contributed by atoms with Gasteiger partial charge in [-0.15, -0.1) is 0 Å². The zero-order valence-corrected chi connectivity index (χ0v) is 20.7. The molecule has 2 aromatic rings. The minimum absolute atomic E-state index is 0.0455. The standard InChI is InChI=1S/C29H27FN2O5/c1-18-23-9-7-19(11-13-29(2,3)35)8-10-26(23)36-17-25(27(18)33)32-28(34)24-16-22(12-14-31-24)37-21-6-4-5-20(30)15-21/h4-6,8-10,12,14-16,18,25,35H,7,17H2,1-3H3,(H,32,34)/t18?,25-/m0/s1. The molecule has 1 aromatic carbocycles. The maximum absolute atomic E-state index is 13.4. The number of allylic oxidation sites excluding steroid dienone is 5. The summed E-state index contributed by atoms with van der Waals surface area (Å²) in [6, 6.07) is 7.72. The van der Waals surface area contributed by atoms with E-state index in [0.29, 0.717) is 17.9 Å². The fourth-order valence-electron chi connectivity index (χ4n) is 3.83. The van der Waals surface area contributed by atoms with Gasteiger partial charge < -0.3 is 19.9 Å². The van der Waals surface area contributed by atoms with Crippen molar-refractivity contribution in [3.63, 3.8) is 0 Å². The zero-order valence-electron chi connectivity index (χ0n) is 20.7. The van der Waals surface area contributed by atoms with E-state index in [1.54, 1.807) is 39.0 Å². The van der Waals surface area contributed by atoms with E-state index in [-0.39, 0.29) is 23.8 Å². The number of Topliss-reactive ketones (excluding diaryl/α,β-unsaturated/α-hetero) is 1. The Morgan fingerprint density at radius 1 is 1.24 bits per heavy atom. The summed E-state index contributed by atoms with van der Waals surface area (Å²) in [6.07, 6.45) is 7.34. The fourth-order valence-corrected chi connectivity index (χ4v) is 3.83. The Labute approximate surface area is 214 Å². The van der Waals surface area contributed by atoms with Crippen LogP contribution < -0.4 is 10.1 Å². The average Bonchev–Trinajstić information content (AvgIpc) is 3.11. The molecule has 2 heterocycles. The molecule has 37 heavy (non-hydrogen) atoms. The Morgan fingerprint density at radius 3 is 2.78 bits per heavy atom. The molecule has 1 aliphatic heterocycles. The van der Waals surface area contributed by atoms with Crippen LogP contribution in [0.2, 0.25) is 0 Å². The molecule has 0 bridgehead atoms. The highest BCUT2D eigenvalue weighted by molar-refractivity contribution is 5.98. The number of nitrogens with one attached hydrogen (secondary N) is 1. The van der Waals surface area contributed by atoms with Crippen LogP contribution in [-0.2, 0) is 9.53 Å². The van der Waals surface area contributed by atoms with Gasteiger partial charge in [-0.25, -0.2) is 4.39 Å². The summed E-state index contributed by atoms with van der Waals surface area (Å²) in [4.78, 5) is 30.2. The summed E-state index contributed by atoms with van der Waals surface area (Å²) in [5, 5.41) is 12.6. The lowest BCUT2D eigenvalue weighted by Gasteiger charge is -2.17.